The third kappa shape index (κ3) is 5.79. The molecule has 0 atom stereocenters. The van der Waals surface area contributed by atoms with Gasteiger partial charge in [-0.3, -0.25) is 9.59 Å². The molecule has 0 aromatic heterocycles. The van der Waals surface area contributed by atoms with Gasteiger partial charge < -0.3 is 14.8 Å². The average molecular weight is 431 g/mol. The number of anilines is 1. The molecule has 3 aromatic carbocycles. The van der Waals surface area contributed by atoms with Crippen LogP contribution in [0.4, 0.5) is 5.69 Å². The fourth-order valence-electron chi connectivity index (χ4n) is 2.73. The number of nitrogens with zero attached hydrogens (tertiary/aromatic N) is 1. The first-order valence-electron chi connectivity index (χ1n) is 9.63. The number of para-hydroxylation sites is 2. The second kappa shape index (κ2) is 10.5. The van der Waals surface area contributed by atoms with Gasteiger partial charge in [0.2, 0.25) is 0 Å². The lowest BCUT2D eigenvalue weighted by Gasteiger charge is -2.08. The smallest absolute Gasteiger partial charge is 0.343 e. The van der Waals surface area contributed by atoms with Crippen LogP contribution in [-0.2, 0) is 9.59 Å². The molecule has 8 nitrogen and oxygen atoms in total. The molecule has 0 unspecified atom stereocenters. The Hall–Kier alpha value is -4.46. The third-order valence-corrected chi connectivity index (χ3v) is 4.40. The van der Waals surface area contributed by atoms with Gasteiger partial charge in [0.1, 0.15) is 11.5 Å². The van der Waals surface area contributed by atoms with Gasteiger partial charge in [0.05, 0.1) is 24.6 Å². The Bertz CT molecular complexity index is 1160. The van der Waals surface area contributed by atoms with Crippen LogP contribution in [0.25, 0.3) is 0 Å². The molecule has 8 heteroatoms. The molecule has 0 fully saturated rings. The highest BCUT2D eigenvalue weighted by Crippen LogP contribution is 2.22. The van der Waals surface area contributed by atoms with Crippen LogP contribution in [0.2, 0.25) is 0 Å². The Labute approximate surface area is 184 Å². The van der Waals surface area contributed by atoms with Gasteiger partial charge >= 0.3 is 17.8 Å². The highest BCUT2D eigenvalue weighted by atomic mass is 16.5. The summed E-state index contributed by atoms with van der Waals surface area (Å²) < 4.78 is 10.5. The number of rotatable bonds is 6. The zero-order valence-corrected chi connectivity index (χ0v) is 17.5. The number of esters is 1. The van der Waals surface area contributed by atoms with Crippen molar-refractivity contribution in [2.75, 3.05) is 12.4 Å². The molecule has 3 aromatic rings. The van der Waals surface area contributed by atoms with Gasteiger partial charge in [-0.25, -0.2) is 10.2 Å². The molecule has 2 N–H and O–H groups in total. The molecule has 0 aliphatic heterocycles. The molecule has 2 amide bonds. The van der Waals surface area contributed by atoms with Gasteiger partial charge in [-0.05, 0) is 60.5 Å². The second-order valence-corrected chi connectivity index (χ2v) is 6.63. The van der Waals surface area contributed by atoms with Gasteiger partial charge in [-0.15, -0.1) is 0 Å². The largest absolute Gasteiger partial charge is 0.495 e. The lowest BCUT2D eigenvalue weighted by molar-refractivity contribution is -0.136. The van der Waals surface area contributed by atoms with Crippen molar-refractivity contribution in [3.05, 3.63) is 89.5 Å². The standard InChI is InChI=1S/C24H21N3O5/c1-16-7-3-4-8-19(16)24(30)32-18-13-11-17(12-14-18)15-25-27-23(29)22(28)26-20-9-5-6-10-21(20)31-2/h3-15H,1-2H3,(H,26,28)(H,27,29)/b25-15-. The first-order valence-corrected chi connectivity index (χ1v) is 9.63. The van der Waals surface area contributed by atoms with Gasteiger partial charge in [-0.1, -0.05) is 30.3 Å². The summed E-state index contributed by atoms with van der Waals surface area (Å²) in [4.78, 5) is 36.2. The number of carbonyl (C=O) groups is 3. The number of nitrogens with one attached hydrogen (secondary N) is 2. The molecule has 32 heavy (non-hydrogen) atoms. The topological polar surface area (TPSA) is 106 Å². The van der Waals surface area contributed by atoms with Crippen LogP contribution in [0, 0.1) is 6.92 Å². The minimum absolute atomic E-state index is 0.370. The Balaban J connectivity index is 1.53. The van der Waals surface area contributed by atoms with Crippen LogP contribution in [0.5, 0.6) is 11.5 Å². The van der Waals surface area contributed by atoms with Gasteiger partial charge in [0.15, 0.2) is 0 Å². The quantitative estimate of drug-likeness (QED) is 0.205. The number of ether oxygens (including phenoxy) is 2. The van der Waals surface area contributed by atoms with Crippen LogP contribution < -0.4 is 20.2 Å². The van der Waals surface area contributed by atoms with E-state index in [1.165, 1.54) is 13.3 Å². The maximum atomic E-state index is 12.3. The van der Waals surface area contributed by atoms with Crippen LogP contribution in [0.3, 0.4) is 0 Å². The first-order chi connectivity index (χ1) is 15.5. The Morgan fingerprint density at radius 1 is 0.875 bits per heavy atom. The van der Waals surface area contributed by atoms with E-state index in [1.54, 1.807) is 60.7 Å². The van der Waals surface area contributed by atoms with Crippen molar-refractivity contribution in [3.63, 3.8) is 0 Å². The zero-order chi connectivity index (χ0) is 22.9. The van der Waals surface area contributed by atoms with Crippen LogP contribution in [-0.4, -0.2) is 31.1 Å². The summed E-state index contributed by atoms with van der Waals surface area (Å²) in [7, 11) is 1.46. The normalized spacial score (nSPS) is 10.4. The molecule has 0 spiro atoms. The number of amides is 2. The summed E-state index contributed by atoms with van der Waals surface area (Å²) in [6.07, 6.45) is 1.36. The molecule has 0 radical (unpaired) electrons. The predicted molar refractivity (Wildman–Crippen MR) is 120 cm³/mol. The molecular formula is C24H21N3O5. The fourth-order valence-corrected chi connectivity index (χ4v) is 2.73. The van der Waals surface area contributed by atoms with E-state index in [2.05, 4.69) is 15.8 Å². The Morgan fingerprint density at radius 3 is 2.28 bits per heavy atom. The lowest BCUT2D eigenvalue weighted by atomic mass is 10.1. The van der Waals surface area contributed by atoms with E-state index in [4.69, 9.17) is 9.47 Å². The maximum absolute atomic E-state index is 12.3. The monoisotopic (exact) mass is 431 g/mol. The van der Waals surface area contributed by atoms with Gasteiger partial charge in [-0.2, -0.15) is 5.10 Å². The number of carbonyl (C=O) groups excluding carboxylic acids is 3. The van der Waals surface area contributed by atoms with Crippen LogP contribution in [0.15, 0.2) is 77.9 Å². The number of aryl methyl sites for hydroxylation is 1. The van der Waals surface area contributed by atoms with Gasteiger partial charge in [0, 0.05) is 0 Å². The van der Waals surface area contributed by atoms with E-state index in [0.29, 0.717) is 28.3 Å². The van der Waals surface area contributed by atoms with Crippen LogP contribution in [0.1, 0.15) is 21.5 Å². The van der Waals surface area contributed by atoms with Crippen molar-refractivity contribution in [2.24, 2.45) is 5.10 Å². The molecule has 0 bridgehead atoms. The summed E-state index contributed by atoms with van der Waals surface area (Å²) in [6.45, 7) is 1.83. The molecule has 0 aliphatic carbocycles. The van der Waals surface area contributed by atoms with Crippen molar-refractivity contribution >= 4 is 29.7 Å². The summed E-state index contributed by atoms with van der Waals surface area (Å²) in [5.41, 5.74) is 4.48. The van der Waals surface area contributed by atoms with E-state index in [1.807, 2.05) is 19.1 Å². The average Bonchev–Trinajstić information content (AvgIpc) is 2.80. The summed E-state index contributed by atoms with van der Waals surface area (Å²) in [6, 6.07) is 20.4. The molecule has 162 valence electrons. The second-order valence-electron chi connectivity index (χ2n) is 6.63. The summed E-state index contributed by atoms with van der Waals surface area (Å²) in [5.74, 6) is -1.46. The first kappa shape index (κ1) is 22.2. The van der Waals surface area contributed by atoms with Crippen molar-refractivity contribution < 1.29 is 23.9 Å². The number of benzene rings is 3. The van der Waals surface area contributed by atoms with E-state index in [9.17, 15) is 14.4 Å². The van der Waals surface area contributed by atoms with Crippen molar-refractivity contribution in [1.82, 2.24) is 5.43 Å². The third-order valence-electron chi connectivity index (χ3n) is 4.40. The highest BCUT2D eigenvalue weighted by molar-refractivity contribution is 6.39. The molecular weight excluding hydrogens is 410 g/mol. The van der Waals surface area contributed by atoms with E-state index < -0.39 is 17.8 Å². The number of methoxy groups -OCH3 is 1. The van der Waals surface area contributed by atoms with E-state index in [-0.39, 0.29) is 0 Å². The number of hydrazone groups is 1. The van der Waals surface area contributed by atoms with E-state index >= 15 is 0 Å². The van der Waals surface area contributed by atoms with Crippen molar-refractivity contribution in [1.29, 1.82) is 0 Å². The minimum Gasteiger partial charge on any atom is -0.495 e. The molecule has 0 aliphatic rings. The minimum atomic E-state index is -0.934. The molecule has 3 rings (SSSR count). The summed E-state index contributed by atoms with van der Waals surface area (Å²) >= 11 is 0. The fraction of sp³-hybridized carbons (Fsp3) is 0.0833. The molecule has 0 saturated carbocycles. The predicted octanol–water partition coefficient (Wildman–Crippen LogP) is 3.31. The van der Waals surface area contributed by atoms with Crippen molar-refractivity contribution in [2.45, 2.75) is 6.92 Å². The zero-order valence-electron chi connectivity index (χ0n) is 17.5. The summed E-state index contributed by atoms with van der Waals surface area (Å²) in [5, 5.41) is 6.23. The number of hydrogen-bond acceptors (Lipinski definition) is 6. The molecule has 0 heterocycles. The SMILES string of the molecule is COc1ccccc1NC(=O)C(=O)N/N=C\c1ccc(OC(=O)c2ccccc2C)cc1. The maximum Gasteiger partial charge on any atom is 0.343 e. The van der Waals surface area contributed by atoms with Crippen LogP contribution >= 0.6 is 0 Å². The Kier molecular flexibility index (Phi) is 7.32. The van der Waals surface area contributed by atoms with E-state index in [0.717, 1.165) is 5.56 Å². The molecule has 0 saturated heterocycles. The van der Waals surface area contributed by atoms with Gasteiger partial charge in [0.25, 0.3) is 0 Å². The Morgan fingerprint density at radius 2 is 1.56 bits per heavy atom. The lowest BCUT2D eigenvalue weighted by Crippen LogP contribution is -2.32. The number of hydrogen-bond donors (Lipinski definition) is 2. The van der Waals surface area contributed by atoms with Crippen molar-refractivity contribution in [3.8, 4) is 11.5 Å². The highest BCUT2D eigenvalue weighted by Gasteiger charge is 2.15.